The van der Waals surface area contributed by atoms with Crippen molar-refractivity contribution in [2.75, 3.05) is 11.9 Å². The van der Waals surface area contributed by atoms with E-state index in [0.717, 1.165) is 5.69 Å². The lowest BCUT2D eigenvalue weighted by Crippen LogP contribution is -2.32. The summed E-state index contributed by atoms with van der Waals surface area (Å²) in [5.74, 6) is 0.206. The Hall–Kier alpha value is -1.43. The van der Waals surface area contributed by atoms with Crippen LogP contribution >= 0.6 is 11.3 Å². The summed E-state index contributed by atoms with van der Waals surface area (Å²) >= 11 is 1.32. The average Bonchev–Trinajstić information content (AvgIpc) is 2.78. The molecule has 2 heterocycles. The van der Waals surface area contributed by atoms with E-state index in [-0.39, 0.29) is 18.0 Å². The molecular weight excluding hydrogens is 250 g/mol. The molecule has 1 saturated heterocycles. The van der Waals surface area contributed by atoms with E-state index in [1.807, 2.05) is 26.2 Å². The second kappa shape index (κ2) is 4.68. The fraction of sp³-hybridized carbons (Fsp3) is 0.583. The zero-order chi connectivity index (χ0) is 13.4. The van der Waals surface area contributed by atoms with Gasteiger partial charge in [0, 0.05) is 12.4 Å². The van der Waals surface area contributed by atoms with Gasteiger partial charge in [0.15, 0.2) is 0 Å². The van der Waals surface area contributed by atoms with Crippen LogP contribution in [-0.2, 0) is 4.79 Å². The van der Waals surface area contributed by atoms with Crippen LogP contribution < -0.4 is 4.90 Å². The normalized spacial score (nSPS) is 20.4. The van der Waals surface area contributed by atoms with E-state index in [0.29, 0.717) is 17.5 Å². The Kier molecular flexibility index (Phi) is 3.38. The first-order valence-corrected chi connectivity index (χ1v) is 6.82. The molecule has 3 amide bonds. The molecule has 0 N–H and O–H groups in total. The van der Waals surface area contributed by atoms with Crippen LogP contribution in [-0.4, -0.2) is 34.9 Å². The van der Waals surface area contributed by atoms with Crippen molar-refractivity contribution in [1.82, 2.24) is 9.88 Å². The number of anilines is 1. The third-order valence-electron chi connectivity index (χ3n) is 2.96. The Morgan fingerprint density at radius 3 is 2.61 bits per heavy atom. The van der Waals surface area contributed by atoms with E-state index >= 15 is 0 Å². The predicted molar refractivity (Wildman–Crippen MR) is 70.7 cm³/mol. The van der Waals surface area contributed by atoms with Crippen molar-refractivity contribution in [3.05, 3.63) is 11.1 Å². The number of imide groups is 1. The minimum atomic E-state index is -0.360. The summed E-state index contributed by atoms with van der Waals surface area (Å²) in [4.78, 5) is 31.3. The van der Waals surface area contributed by atoms with Crippen LogP contribution in [0.5, 0.6) is 0 Å². The van der Waals surface area contributed by atoms with Gasteiger partial charge in [-0.05, 0) is 19.3 Å². The van der Waals surface area contributed by atoms with Crippen molar-refractivity contribution in [3.63, 3.8) is 0 Å². The Morgan fingerprint density at radius 1 is 1.44 bits per heavy atom. The summed E-state index contributed by atoms with van der Waals surface area (Å²) in [5, 5.41) is 2.31. The first kappa shape index (κ1) is 13.0. The highest BCUT2D eigenvalue weighted by Gasteiger charge is 2.45. The molecule has 0 spiro atoms. The van der Waals surface area contributed by atoms with Gasteiger partial charge in [0.1, 0.15) is 6.04 Å². The molecule has 2 rings (SSSR count). The van der Waals surface area contributed by atoms with Crippen molar-refractivity contribution in [1.29, 1.82) is 0 Å². The molecule has 1 aliphatic rings. The van der Waals surface area contributed by atoms with Gasteiger partial charge < -0.3 is 4.90 Å². The average molecular weight is 267 g/mol. The van der Waals surface area contributed by atoms with Crippen molar-refractivity contribution >= 4 is 28.4 Å². The molecule has 1 atom stereocenters. The lowest BCUT2D eigenvalue weighted by molar-refractivity contribution is -0.119. The number of carbonyl (C=O) groups excluding carboxylic acids is 2. The molecule has 0 radical (unpaired) electrons. The van der Waals surface area contributed by atoms with Gasteiger partial charge in [0.2, 0.25) is 5.13 Å². The van der Waals surface area contributed by atoms with Crippen LogP contribution in [0.2, 0.25) is 0 Å². The van der Waals surface area contributed by atoms with E-state index < -0.39 is 0 Å². The summed E-state index contributed by atoms with van der Waals surface area (Å²) in [5.41, 5.74) is 0.825. The highest BCUT2D eigenvalue weighted by Crippen LogP contribution is 2.29. The van der Waals surface area contributed by atoms with Crippen molar-refractivity contribution in [2.45, 2.75) is 33.2 Å². The minimum absolute atomic E-state index is 0.162. The second-order valence-electron chi connectivity index (χ2n) is 4.98. The summed E-state index contributed by atoms with van der Waals surface area (Å²) in [6, 6.07) is -0.637. The highest BCUT2D eigenvalue weighted by atomic mass is 32.1. The van der Waals surface area contributed by atoms with Crippen molar-refractivity contribution in [2.24, 2.45) is 5.92 Å². The molecule has 1 aromatic rings. The number of rotatable bonds is 3. The van der Waals surface area contributed by atoms with E-state index in [4.69, 9.17) is 0 Å². The number of carbonyl (C=O) groups is 2. The number of thiazole rings is 1. The van der Waals surface area contributed by atoms with E-state index in [1.54, 1.807) is 7.05 Å². The third kappa shape index (κ3) is 2.12. The van der Waals surface area contributed by atoms with Crippen LogP contribution in [0.25, 0.3) is 0 Å². The molecule has 1 aliphatic heterocycles. The van der Waals surface area contributed by atoms with Crippen LogP contribution in [0.3, 0.4) is 0 Å². The topological polar surface area (TPSA) is 53.5 Å². The number of hydrogen-bond donors (Lipinski definition) is 0. The molecule has 0 bridgehead atoms. The van der Waals surface area contributed by atoms with Crippen molar-refractivity contribution < 1.29 is 9.59 Å². The molecule has 0 aromatic carbocycles. The van der Waals surface area contributed by atoms with Crippen molar-refractivity contribution in [3.8, 4) is 0 Å². The fourth-order valence-corrected chi connectivity index (χ4v) is 2.82. The van der Waals surface area contributed by atoms with E-state index in [1.165, 1.54) is 21.1 Å². The second-order valence-corrected chi connectivity index (χ2v) is 5.82. The van der Waals surface area contributed by atoms with E-state index in [2.05, 4.69) is 4.98 Å². The zero-order valence-corrected chi connectivity index (χ0v) is 11.8. The summed E-state index contributed by atoms with van der Waals surface area (Å²) in [6.07, 6.45) is 0.682. The Labute approximate surface area is 110 Å². The molecule has 0 saturated carbocycles. The van der Waals surface area contributed by atoms with Crippen LogP contribution in [0.15, 0.2) is 5.38 Å². The summed E-state index contributed by atoms with van der Waals surface area (Å²) in [6.45, 7) is 5.93. The largest absolute Gasteiger partial charge is 0.333 e. The maximum Gasteiger partial charge on any atom is 0.333 e. The predicted octanol–water partition coefficient (Wildman–Crippen LogP) is 2.26. The first-order valence-electron chi connectivity index (χ1n) is 5.94. The maximum atomic E-state index is 12.3. The Balaban J connectivity index is 2.28. The number of hydrogen-bond acceptors (Lipinski definition) is 4. The number of urea groups is 1. The van der Waals surface area contributed by atoms with Crippen LogP contribution in [0.1, 0.15) is 26.0 Å². The smallest absolute Gasteiger partial charge is 0.315 e. The van der Waals surface area contributed by atoms with Gasteiger partial charge in [-0.15, -0.1) is 11.3 Å². The number of amides is 3. The monoisotopic (exact) mass is 267 g/mol. The molecule has 1 aromatic heterocycles. The third-order valence-corrected chi connectivity index (χ3v) is 3.90. The van der Waals surface area contributed by atoms with Crippen LogP contribution in [0, 0.1) is 12.8 Å². The van der Waals surface area contributed by atoms with Gasteiger partial charge in [0.05, 0.1) is 5.69 Å². The quantitative estimate of drug-likeness (QED) is 0.789. The fourth-order valence-electron chi connectivity index (χ4n) is 2.03. The summed E-state index contributed by atoms with van der Waals surface area (Å²) in [7, 11) is 1.67. The lowest BCUT2D eigenvalue weighted by atomic mass is 10.0. The lowest BCUT2D eigenvalue weighted by Gasteiger charge is -2.17. The van der Waals surface area contributed by atoms with Gasteiger partial charge in [-0.1, -0.05) is 13.8 Å². The number of aromatic nitrogens is 1. The number of nitrogens with zero attached hydrogens (tertiary/aromatic N) is 3. The van der Waals surface area contributed by atoms with E-state index in [9.17, 15) is 9.59 Å². The number of aryl methyl sites for hydroxylation is 1. The molecule has 18 heavy (non-hydrogen) atoms. The summed E-state index contributed by atoms with van der Waals surface area (Å²) < 4.78 is 0. The van der Waals surface area contributed by atoms with Gasteiger partial charge in [0.25, 0.3) is 5.91 Å². The molecule has 1 fully saturated rings. The Bertz CT molecular complexity index is 483. The van der Waals surface area contributed by atoms with Crippen LogP contribution in [0.4, 0.5) is 9.93 Å². The highest BCUT2D eigenvalue weighted by molar-refractivity contribution is 7.14. The maximum absolute atomic E-state index is 12.3. The van der Waals surface area contributed by atoms with Gasteiger partial charge >= 0.3 is 6.03 Å². The molecular formula is C12H17N3O2S. The molecule has 0 aliphatic carbocycles. The standard InChI is InChI=1S/C12H17N3O2S/c1-7(2)5-9-10(16)15(12(17)14(9)4)11-13-8(3)6-18-11/h6-7,9H,5H2,1-4H3/t9-/m1/s1. The Morgan fingerprint density at radius 2 is 2.11 bits per heavy atom. The van der Waals surface area contributed by atoms with Gasteiger partial charge in [-0.2, -0.15) is 0 Å². The number of likely N-dealkylation sites (N-methyl/N-ethyl adjacent to an activating group) is 1. The molecule has 5 nitrogen and oxygen atoms in total. The molecule has 0 unspecified atom stereocenters. The first-order chi connectivity index (χ1) is 8.41. The molecule has 6 heteroatoms. The molecule has 98 valence electrons. The minimum Gasteiger partial charge on any atom is -0.315 e. The SMILES string of the molecule is Cc1csc(N2C(=O)[C@@H](CC(C)C)N(C)C2=O)n1. The van der Waals surface area contributed by atoms with Gasteiger partial charge in [-0.3, -0.25) is 4.79 Å². The van der Waals surface area contributed by atoms with Gasteiger partial charge in [-0.25, -0.2) is 14.7 Å². The zero-order valence-electron chi connectivity index (χ0n) is 11.0.